The van der Waals surface area contributed by atoms with Gasteiger partial charge in [-0.25, -0.2) is 0 Å². The molecule has 0 aliphatic carbocycles. The number of hydrogen-bond acceptors (Lipinski definition) is 7. The second-order valence-corrected chi connectivity index (χ2v) is 9.06. The molecular formula is C27H24ClN5O4. The summed E-state index contributed by atoms with van der Waals surface area (Å²) in [5.74, 6) is 1.16. The summed E-state index contributed by atoms with van der Waals surface area (Å²) in [6.45, 7) is 2.03. The molecule has 10 heteroatoms. The third-order valence-corrected chi connectivity index (χ3v) is 6.41. The number of phenolic OH excluding ortho intramolecular Hbond substituents is 2. The van der Waals surface area contributed by atoms with Crippen molar-refractivity contribution in [3.8, 4) is 22.9 Å². The highest BCUT2D eigenvalue weighted by Gasteiger charge is 2.30. The summed E-state index contributed by atoms with van der Waals surface area (Å²) in [6.07, 6.45) is 0.0183. The van der Waals surface area contributed by atoms with Crippen molar-refractivity contribution in [1.29, 1.82) is 0 Å². The van der Waals surface area contributed by atoms with Crippen molar-refractivity contribution in [1.82, 2.24) is 20.1 Å². The number of aromatic nitrogens is 3. The fourth-order valence-corrected chi connectivity index (χ4v) is 4.43. The van der Waals surface area contributed by atoms with E-state index in [9.17, 15) is 15.0 Å². The maximum absolute atomic E-state index is 13.0. The van der Waals surface area contributed by atoms with Gasteiger partial charge in [0.1, 0.15) is 17.6 Å². The van der Waals surface area contributed by atoms with Gasteiger partial charge in [-0.05, 0) is 55.0 Å². The number of ether oxygens (including phenoxy) is 1. The molecule has 188 valence electrons. The first-order valence-electron chi connectivity index (χ1n) is 11.6. The largest absolute Gasteiger partial charge is 0.504 e. The van der Waals surface area contributed by atoms with E-state index in [2.05, 4.69) is 15.5 Å². The molecule has 1 atom stereocenters. The molecule has 0 fully saturated rings. The average Bonchev–Trinajstić information content (AvgIpc) is 3.22. The highest BCUT2D eigenvalue weighted by Crippen LogP contribution is 2.34. The van der Waals surface area contributed by atoms with Crippen molar-refractivity contribution in [3.63, 3.8) is 0 Å². The van der Waals surface area contributed by atoms with Gasteiger partial charge in [0.05, 0.1) is 24.9 Å². The number of hydrogen-bond donors (Lipinski definition) is 3. The standard InChI is InChI=1S/C27H24ClN5O4/c1-15-31-32-27-21(13-25(36)29-14-16-3-10-23(34)24(35)11-16)30-26(17-4-6-18(28)7-5-17)20-12-19(37-2)8-9-22(20)33(15)27/h3-12,21,34-35H,13-14H2,1-2H3,(H,29,36)/t21-/m0/s1. The van der Waals surface area contributed by atoms with Crippen molar-refractivity contribution < 1.29 is 19.7 Å². The Hall–Kier alpha value is -4.37. The Morgan fingerprint density at radius 2 is 1.84 bits per heavy atom. The Balaban J connectivity index is 1.53. The van der Waals surface area contributed by atoms with Gasteiger partial charge >= 0.3 is 0 Å². The van der Waals surface area contributed by atoms with E-state index in [1.165, 1.54) is 12.1 Å². The molecule has 4 aromatic rings. The van der Waals surface area contributed by atoms with E-state index in [0.717, 1.165) is 16.8 Å². The predicted octanol–water partition coefficient (Wildman–Crippen LogP) is 4.25. The highest BCUT2D eigenvalue weighted by molar-refractivity contribution is 6.30. The van der Waals surface area contributed by atoms with Crippen LogP contribution in [0, 0.1) is 6.92 Å². The zero-order valence-electron chi connectivity index (χ0n) is 20.1. The molecule has 37 heavy (non-hydrogen) atoms. The van der Waals surface area contributed by atoms with Crippen LogP contribution in [0.5, 0.6) is 17.2 Å². The third kappa shape index (κ3) is 4.85. The molecule has 0 spiro atoms. The smallest absolute Gasteiger partial charge is 0.222 e. The van der Waals surface area contributed by atoms with E-state index in [1.807, 2.05) is 41.8 Å². The molecule has 1 amide bonds. The molecule has 0 saturated heterocycles. The second kappa shape index (κ2) is 9.94. The highest BCUT2D eigenvalue weighted by atomic mass is 35.5. The Kier molecular flexibility index (Phi) is 6.54. The molecule has 1 aliphatic rings. The van der Waals surface area contributed by atoms with E-state index in [1.54, 1.807) is 25.3 Å². The Morgan fingerprint density at radius 1 is 1.05 bits per heavy atom. The number of methoxy groups -OCH3 is 1. The lowest BCUT2D eigenvalue weighted by atomic mass is 10.00. The number of amides is 1. The van der Waals surface area contributed by atoms with Gasteiger partial charge in [-0.3, -0.25) is 14.4 Å². The number of carbonyl (C=O) groups excluding carboxylic acids is 1. The van der Waals surface area contributed by atoms with Gasteiger partial charge in [0.2, 0.25) is 5.91 Å². The van der Waals surface area contributed by atoms with Gasteiger partial charge in [0.15, 0.2) is 17.3 Å². The van der Waals surface area contributed by atoms with Crippen LogP contribution in [0.15, 0.2) is 65.7 Å². The number of nitrogens with zero attached hydrogens (tertiary/aromatic N) is 4. The summed E-state index contributed by atoms with van der Waals surface area (Å²) < 4.78 is 7.40. The molecule has 9 nitrogen and oxygen atoms in total. The number of nitrogens with one attached hydrogen (secondary N) is 1. The van der Waals surface area contributed by atoms with E-state index >= 15 is 0 Å². The van der Waals surface area contributed by atoms with Crippen molar-refractivity contribution in [2.75, 3.05) is 7.11 Å². The van der Waals surface area contributed by atoms with Crippen molar-refractivity contribution in [2.45, 2.75) is 25.9 Å². The fraction of sp³-hybridized carbons (Fsp3) is 0.185. The molecule has 0 saturated carbocycles. The first-order chi connectivity index (χ1) is 17.8. The molecule has 0 bridgehead atoms. The summed E-state index contributed by atoms with van der Waals surface area (Å²) >= 11 is 6.14. The lowest BCUT2D eigenvalue weighted by Gasteiger charge is -2.14. The molecule has 2 heterocycles. The summed E-state index contributed by atoms with van der Waals surface area (Å²) in [4.78, 5) is 18.1. The molecule has 1 aliphatic heterocycles. The summed E-state index contributed by atoms with van der Waals surface area (Å²) in [6, 6.07) is 16.8. The van der Waals surface area contributed by atoms with Crippen LogP contribution in [-0.4, -0.2) is 43.7 Å². The maximum atomic E-state index is 13.0. The maximum Gasteiger partial charge on any atom is 0.222 e. The number of rotatable bonds is 6. The van der Waals surface area contributed by atoms with Crippen LogP contribution in [0.3, 0.4) is 0 Å². The van der Waals surface area contributed by atoms with Gasteiger partial charge in [0.25, 0.3) is 0 Å². The van der Waals surface area contributed by atoms with Crippen molar-refractivity contribution in [3.05, 3.63) is 94.0 Å². The normalized spacial score (nSPS) is 14.2. The minimum atomic E-state index is -0.626. The SMILES string of the molecule is COc1ccc2c(c1)C(c1ccc(Cl)cc1)=N[C@@H](CC(=O)NCc1ccc(O)c(O)c1)c1nnc(C)n1-2. The van der Waals surface area contributed by atoms with E-state index in [0.29, 0.717) is 33.7 Å². The van der Waals surface area contributed by atoms with Crippen LogP contribution in [0.2, 0.25) is 5.02 Å². The van der Waals surface area contributed by atoms with Crippen molar-refractivity contribution >= 4 is 23.2 Å². The van der Waals surface area contributed by atoms with Gasteiger partial charge < -0.3 is 20.3 Å². The summed E-state index contributed by atoms with van der Waals surface area (Å²) in [5, 5.41) is 31.4. The van der Waals surface area contributed by atoms with Gasteiger partial charge in [-0.2, -0.15) is 0 Å². The molecule has 3 aromatic carbocycles. The monoisotopic (exact) mass is 517 g/mol. The fourth-order valence-electron chi connectivity index (χ4n) is 4.30. The topological polar surface area (TPSA) is 122 Å². The van der Waals surface area contributed by atoms with E-state index in [4.69, 9.17) is 21.3 Å². The predicted molar refractivity (Wildman–Crippen MR) is 139 cm³/mol. The Bertz CT molecular complexity index is 1510. The van der Waals surface area contributed by atoms with E-state index in [-0.39, 0.29) is 30.4 Å². The zero-order chi connectivity index (χ0) is 26.1. The number of halogens is 1. The van der Waals surface area contributed by atoms with Gasteiger partial charge in [0, 0.05) is 22.7 Å². The Labute approximate surface area is 218 Å². The van der Waals surface area contributed by atoms with Crippen LogP contribution in [-0.2, 0) is 11.3 Å². The van der Waals surface area contributed by atoms with Crippen LogP contribution >= 0.6 is 11.6 Å². The molecule has 3 N–H and O–H groups in total. The van der Waals surface area contributed by atoms with Crippen molar-refractivity contribution in [2.24, 2.45) is 4.99 Å². The number of phenols is 2. The quantitative estimate of drug-likeness (QED) is 0.329. The lowest BCUT2D eigenvalue weighted by molar-refractivity contribution is -0.121. The number of carbonyl (C=O) groups is 1. The van der Waals surface area contributed by atoms with Crippen LogP contribution < -0.4 is 10.1 Å². The number of benzene rings is 3. The third-order valence-electron chi connectivity index (χ3n) is 6.16. The summed E-state index contributed by atoms with van der Waals surface area (Å²) in [7, 11) is 1.61. The summed E-state index contributed by atoms with van der Waals surface area (Å²) in [5.41, 5.74) is 3.80. The first kappa shape index (κ1) is 24.3. The second-order valence-electron chi connectivity index (χ2n) is 8.63. The Morgan fingerprint density at radius 3 is 2.57 bits per heavy atom. The lowest BCUT2D eigenvalue weighted by Crippen LogP contribution is -2.25. The van der Waals surface area contributed by atoms with Gasteiger partial charge in [-0.1, -0.05) is 29.8 Å². The minimum absolute atomic E-state index is 0.0183. The minimum Gasteiger partial charge on any atom is -0.504 e. The van der Waals surface area contributed by atoms with Gasteiger partial charge in [-0.15, -0.1) is 10.2 Å². The number of fused-ring (bicyclic) bond motifs is 3. The number of aromatic hydroxyl groups is 2. The average molecular weight is 518 g/mol. The number of aliphatic imine (C=N–C) groups is 1. The zero-order valence-corrected chi connectivity index (χ0v) is 20.9. The van der Waals surface area contributed by atoms with E-state index < -0.39 is 6.04 Å². The number of aryl methyl sites for hydroxylation is 1. The first-order valence-corrected chi connectivity index (χ1v) is 11.9. The molecule has 1 aromatic heterocycles. The molecule has 0 unspecified atom stereocenters. The molecular weight excluding hydrogens is 494 g/mol. The van der Waals surface area contributed by atoms with Crippen LogP contribution in [0.4, 0.5) is 0 Å². The molecule has 0 radical (unpaired) electrons. The molecule has 5 rings (SSSR count). The van der Waals surface area contributed by atoms with Crippen LogP contribution in [0.25, 0.3) is 5.69 Å². The van der Waals surface area contributed by atoms with Crippen LogP contribution in [0.1, 0.15) is 40.8 Å².